The van der Waals surface area contributed by atoms with Gasteiger partial charge < -0.3 is 15.1 Å². The van der Waals surface area contributed by atoms with Gasteiger partial charge in [0.25, 0.3) is 5.91 Å². The third-order valence-electron chi connectivity index (χ3n) is 3.87. The Morgan fingerprint density at radius 3 is 2.81 bits per heavy atom. The fourth-order valence-corrected chi connectivity index (χ4v) is 2.62. The number of aromatic nitrogens is 1. The molecule has 0 aromatic carbocycles. The van der Waals surface area contributed by atoms with Crippen molar-refractivity contribution in [3.63, 3.8) is 0 Å². The van der Waals surface area contributed by atoms with Gasteiger partial charge in [-0.1, -0.05) is 0 Å². The lowest BCUT2D eigenvalue weighted by atomic mass is 9.96. The van der Waals surface area contributed by atoms with Crippen molar-refractivity contribution in [1.29, 1.82) is 0 Å². The van der Waals surface area contributed by atoms with Gasteiger partial charge in [-0.3, -0.25) is 14.6 Å². The first kappa shape index (κ1) is 15.3. The van der Waals surface area contributed by atoms with Crippen LogP contribution < -0.4 is 5.32 Å². The topological polar surface area (TPSA) is 65.5 Å². The highest BCUT2D eigenvalue weighted by Crippen LogP contribution is 2.26. The van der Waals surface area contributed by atoms with Crippen LogP contribution in [0.4, 0.5) is 5.69 Å². The van der Waals surface area contributed by atoms with E-state index in [9.17, 15) is 9.59 Å². The lowest BCUT2D eigenvalue weighted by molar-refractivity contribution is -0.144. The van der Waals surface area contributed by atoms with E-state index in [1.165, 1.54) is 0 Å². The van der Waals surface area contributed by atoms with Crippen molar-refractivity contribution < 1.29 is 9.59 Å². The Kier molecular flexibility index (Phi) is 4.16. The van der Waals surface area contributed by atoms with E-state index in [1.807, 2.05) is 6.92 Å². The van der Waals surface area contributed by atoms with Crippen molar-refractivity contribution in [3.05, 3.63) is 24.0 Å². The second-order valence-electron chi connectivity index (χ2n) is 5.69. The number of carbonyl (C=O) groups excluding carboxylic acids is 2. The average molecular weight is 290 g/mol. The Balaban J connectivity index is 2.34. The summed E-state index contributed by atoms with van der Waals surface area (Å²) in [4.78, 5) is 32.5. The minimum atomic E-state index is -0.844. The van der Waals surface area contributed by atoms with Crippen LogP contribution in [0.1, 0.15) is 31.1 Å². The summed E-state index contributed by atoms with van der Waals surface area (Å²) in [7, 11) is 1.76. The molecule has 2 heterocycles. The van der Waals surface area contributed by atoms with Crippen molar-refractivity contribution in [2.75, 3.05) is 32.0 Å². The lowest BCUT2D eigenvalue weighted by Crippen LogP contribution is -2.63. The zero-order valence-electron chi connectivity index (χ0n) is 13.0. The lowest BCUT2D eigenvalue weighted by Gasteiger charge is -2.44. The first-order valence-electron chi connectivity index (χ1n) is 7.15. The van der Waals surface area contributed by atoms with Gasteiger partial charge in [0.1, 0.15) is 5.54 Å². The second kappa shape index (κ2) is 5.71. The summed E-state index contributed by atoms with van der Waals surface area (Å²) in [5.74, 6) is -0.207. The molecule has 114 valence electrons. The largest absolute Gasteiger partial charge is 0.385 e. The van der Waals surface area contributed by atoms with Crippen LogP contribution >= 0.6 is 0 Å². The summed E-state index contributed by atoms with van der Waals surface area (Å²) in [6.45, 7) is 7.32. The van der Waals surface area contributed by atoms with Crippen LogP contribution in [0.2, 0.25) is 0 Å². The maximum atomic E-state index is 12.8. The molecule has 1 fully saturated rings. The summed E-state index contributed by atoms with van der Waals surface area (Å²) in [6, 6.07) is 1.78. The third-order valence-corrected chi connectivity index (χ3v) is 3.87. The zero-order valence-corrected chi connectivity index (χ0v) is 13.0. The van der Waals surface area contributed by atoms with E-state index in [2.05, 4.69) is 10.3 Å². The van der Waals surface area contributed by atoms with Gasteiger partial charge in [0, 0.05) is 39.1 Å². The van der Waals surface area contributed by atoms with E-state index in [1.54, 1.807) is 49.2 Å². The number of hydrogen-bond acceptors (Lipinski definition) is 4. The molecule has 1 aromatic rings. The van der Waals surface area contributed by atoms with Gasteiger partial charge in [-0.05, 0) is 26.8 Å². The van der Waals surface area contributed by atoms with Crippen LogP contribution in [0.3, 0.4) is 0 Å². The molecule has 6 heteroatoms. The smallest absolute Gasteiger partial charge is 0.258 e. The molecule has 0 radical (unpaired) electrons. The Labute approximate surface area is 125 Å². The molecule has 1 aliphatic rings. The number of pyridine rings is 1. The van der Waals surface area contributed by atoms with E-state index < -0.39 is 5.54 Å². The number of hydrogen-bond donors (Lipinski definition) is 1. The fraction of sp³-hybridized carbons (Fsp3) is 0.533. The number of carbonyl (C=O) groups is 2. The molecule has 0 saturated carbocycles. The molecule has 0 spiro atoms. The van der Waals surface area contributed by atoms with Crippen LogP contribution in [-0.4, -0.2) is 58.8 Å². The number of nitrogens with zero attached hydrogens (tertiary/aromatic N) is 3. The molecular formula is C15H22N4O2. The summed E-state index contributed by atoms with van der Waals surface area (Å²) < 4.78 is 0. The fourth-order valence-electron chi connectivity index (χ4n) is 2.62. The second-order valence-corrected chi connectivity index (χ2v) is 5.69. The first-order valence-corrected chi connectivity index (χ1v) is 7.15. The molecule has 21 heavy (non-hydrogen) atoms. The molecule has 1 aromatic heterocycles. The van der Waals surface area contributed by atoms with Crippen molar-refractivity contribution in [2.45, 2.75) is 26.3 Å². The Hall–Kier alpha value is -2.11. The molecule has 2 amide bonds. The van der Waals surface area contributed by atoms with Gasteiger partial charge in [0.15, 0.2) is 0 Å². The van der Waals surface area contributed by atoms with Gasteiger partial charge in [-0.25, -0.2) is 0 Å². The normalized spacial score (nSPS) is 17.8. The molecule has 1 aliphatic heterocycles. The molecule has 0 atom stereocenters. The SMILES string of the molecule is CCNc1ccncc1C(=O)N1CCN(C)C(=O)C1(C)C. The van der Waals surface area contributed by atoms with Crippen molar-refractivity contribution in [2.24, 2.45) is 0 Å². The number of amides is 2. The van der Waals surface area contributed by atoms with Gasteiger partial charge in [-0.15, -0.1) is 0 Å². The van der Waals surface area contributed by atoms with E-state index >= 15 is 0 Å². The predicted octanol–water partition coefficient (Wildman–Crippen LogP) is 1.21. The maximum Gasteiger partial charge on any atom is 0.258 e. The average Bonchev–Trinajstić information content (AvgIpc) is 2.45. The Morgan fingerprint density at radius 2 is 2.14 bits per heavy atom. The quantitative estimate of drug-likeness (QED) is 0.908. The number of nitrogens with one attached hydrogen (secondary N) is 1. The standard InChI is InChI=1S/C15H22N4O2/c1-5-17-12-6-7-16-10-11(12)13(20)19-9-8-18(4)14(21)15(19,2)3/h6-7,10H,5,8-9H2,1-4H3,(H,16,17). The van der Waals surface area contributed by atoms with E-state index in [4.69, 9.17) is 0 Å². The van der Waals surface area contributed by atoms with Crippen LogP contribution in [-0.2, 0) is 4.79 Å². The molecular weight excluding hydrogens is 268 g/mol. The summed E-state index contributed by atoms with van der Waals surface area (Å²) in [6.07, 6.45) is 3.20. The van der Waals surface area contributed by atoms with Crippen LogP contribution in [0.5, 0.6) is 0 Å². The van der Waals surface area contributed by atoms with Crippen LogP contribution in [0.15, 0.2) is 18.5 Å². The first-order chi connectivity index (χ1) is 9.89. The number of rotatable bonds is 3. The summed E-state index contributed by atoms with van der Waals surface area (Å²) >= 11 is 0. The maximum absolute atomic E-state index is 12.8. The van der Waals surface area contributed by atoms with E-state index in [-0.39, 0.29) is 11.8 Å². The van der Waals surface area contributed by atoms with Crippen molar-refractivity contribution in [1.82, 2.24) is 14.8 Å². The van der Waals surface area contributed by atoms with E-state index in [0.29, 0.717) is 18.7 Å². The van der Waals surface area contributed by atoms with Gasteiger partial charge >= 0.3 is 0 Å². The van der Waals surface area contributed by atoms with Crippen LogP contribution in [0, 0.1) is 0 Å². The zero-order chi connectivity index (χ0) is 15.6. The molecule has 6 nitrogen and oxygen atoms in total. The summed E-state index contributed by atoms with van der Waals surface area (Å²) in [5.41, 5.74) is 0.410. The van der Waals surface area contributed by atoms with Crippen molar-refractivity contribution >= 4 is 17.5 Å². The molecule has 1 saturated heterocycles. The molecule has 0 unspecified atom stereocenters. The number of likely N-dealkylation sites (N-methyl/N-ethyl adjacent to an activating group) is 1. The number of piperazine rings is 1. The number of anilines is 1. The van der Waals surface area contributed by atoms with Gasteiger partial charge in [0.05, 0.1) is 11.3 Å². The molecule has 2 rings (SSSR count). The highest BCUT2D eigenvalue weighted by atomic mass is 16.2. The van der Waals surface area contributed by atoms with Gasteiger partial charge in [-0.2, -0.15) is 0 Å². The molecule has 0 bridgehead atoms. The minimum absolute atomic E-state index is 0.0454. The predicted molar refractivity (Wildman–Crippen MR) is 81.2 cm³/mol. The highest BCUT2D eigenvalue weighted by Gasteiger charge is 2.43. The van der Waals surface area contributed by atoms with Crippen molar-refractivity contribution in [3.8, 4) is 0 Å². The van der Waals surface area contributed by atoms with Gasteiger partial charge in [0.2, 0.25) is 5.91 Å². The van der Waals surface area contributed by atoms with Crippen LogP contribution in [0.25, 0.3) is 0 Å². The minimum Gasteiger partial charge on any atom is -0.385 e. The highest BCUT2D eigenvalue weighted by molar-refractivity contribution is 6.03. The molecule has 0 aliphatic carbocycles. The van der Waals surface area contributed by atoms with E-state index in [0.717, 1.165) is 12.2 Å². The third kappa shape index (κ3) is 2.70. The molecule has 1 N–H and O–H groups in total. The monoisotopic (exact) mass is 290 g/mol. The summed E-state index contributed by atoms with van der Waals surface area (Å²) in [5, 5.41) is 3.16. The Morgan fingerprint density at radius 1 is 1.43 bits per heavy atom. The Bertz CT molecular complexity index is 556.